The number of carbonyl (C=O) groups is 1. The van der Waals surface area contributed by atoms with Gasteiger partial charge < -0.3 is 5.32 Å². The number of nitrogens with zero attached hydrogens (tertiary/aromatic N) is 1. The highest BCUT2D eigenvalue weighted by molar-refractivity contribution is 7.92. The van der Waals surface area contributed by atoms with Crippen molar-refractivity contribution in [3.05, 3.63) is 83.9 Å². The minimum absolute atomic E-state index is 0.00695. The summed E-state index contributed by atoms with van der Waals surface area (Å²) in [5, 5.41) is 3.06. The van der Waals surface area contributed by atoms with Crippen LogP contribution < -0.4 is 14.3 Å². The van der Waals surface area contributed by atoms with E-state index in [-0.39, 0.29) is 4.90 Å². The second-order valence-corrected chi connectivity index (χ2v) is 10.8. The van der Waals surface area contributed by atoms with E-state index in [9.17, 15) is 21.6 Å². The summed E-state index contributed by atoms with van der Waals surface area (Å²) < 4.78 is 52.7. The predicted octanol–water partition coefficient (Wildman–Crippen LogP) is 3.55. The lowest BCUT2D eigenvalue weighted by atomic mass is 10.3. The lowest BCUT2D eigenvalue weighted by Crippen LogP contribution is -2.37. The monoisotopic (exact) mass is 493 g/mol. The molecule has 0 spiro atoms. The third-order valence-electron chi connectivity index (χ3n) is 4.28. The van der Waals surface area contributed by atoms with Gasteiger partial charge in [0.1, 0.15) is 6.54 Å². The molecule has 0 aliphatic rings. The van der Waals surface area contributed by atoms with Crippen molar-refractivity contribution in [1.29, 1.82) is 0 Å². The Labute approximate surface area is 191 Å². The zero-order chi connectivity index (χ0) is 23.4. The fraction of sp³-hybridized carbons (Fsp3) is 0.0952. The number of hydrogen-bond donors (Lipinski definition) is 2. The molecule has 0 radical (unpaired) electrons. The van der Waals surface area contributed by atoms with Crippen LogP contribution in [0, 0.1) is 0 Å². The number of anilines is 3. The largest absolute Gasteiger partial charge is 0.325 e. The minimum Gasteiger partial charge on any atom is -0.325 e. The van der Waals surface area contributed by atoms with Gasteiger partial charge in [0.2, 0.25) is 15.9 Å². The van der Waals surface area contributed by atoms with E-state index >= 15 is 0 Å². The molecule has 0 aromatic heterocycles. The minimum atomic E-state index is -3.84. The van der Waals surface area contributed by atoms with Gasteiger partial charge in [0.25, 0.3) is 10.0 Å². The fourth-order valence-electron chi connectivity index (χ4n) is 2.77. The molecule has 11 heteroatoms. The number of sulfonamides is 2. The molecule has 3 aromatic rings. The van der Waals surface area contributed by atoms with E-state index in [4.69, 9.17) is 11.6 Å². The number of rotatable bonds is 8. The van der Waals surface area contributed by atoms with Gasteiger partial charge in [-0.1, -0.05) is 29.8 Å². The Balaban J connectivity index is 1.69. The van der Waals surface area contributed by atoms with E-state index in [1.165, 1.54) is 36.4 Å². The van der Waals surface area contributed by atoms with Crippen molar-refractivity contribution >= 4 is 54.6 Å². The fourth-order valence-corrected chi connectivity index (χ4v) is 4.82. The Morgan fingerprint density at radius 1 is 0.844 bits per heavy atom. The Morgan fingerprint density at radius 3 is 1.97 bits per heavy atom. The average Bonchev–Trinajstić information content (AvgIpc) is 2.74. The van der Waals surface area contributed by atoms with Gasteiger partial charge in [-0.05, 0) is 60.7 Å². The second-order valence-electron chi connectivity index (χ2n) is 6.79. The third-order valence-corrected chi connectivity index (χ3v) is 7.07. The maximum absolute atomic E-state index is 12.5. The summed E-state index contributed by atoms with van der Waals surface area (Å²) in [6.07, 6.45) is 1.01. The molecule has 0 fully saturated rings. The summed E-state index contributed by atoms with van der Waals surface area (Å²) in [7, 11) is -7.53. The second kappa shape index (κ2) is 9.60. The number of carbonyl (C=O) groups excluding carboxylic acids is 1. The predicted molar refractivity (Wildman–Crippen MR) is 126 cm³/mol. The first-order valence-corrected chi connectivity index (χ1v) is 13.0. The highest BCUT2D eigenvalue weighted by Gasteiger charge is 2.21. The number of para-hydroxylation sites is 1. The number of benzene rings is 3. The summed E-state index contributed by atoms with van der Waals surface area (Å²) >= 11 is 5.80. The summed E-state index contributed by atoms with van der Waals surface area (Å²) in [5.41, 5.74) is 1.04. The van der Waals surface area contributed by atoms with E-state index in [0.717, 1.165) is 10.6 Å². The van der Waals surface area contributed by atoms with E-state index in [1.54, 1.807) is 42.5 Å². The first kappa shape index (κ1) is 23.6. The smallest absolute Gasteiger partial charge is 0.261 e. The summed E-state index contributed by atoms with van der Waals surface area (Å²) in [4.78, 5) is 12.4. The lowest BCUT2D eigenvalue weighted by molar-refractivity contribution is -0.114. The first-order chi connectivity index (χ1) is 15.0. The van der Waals surface area contributed by atoms with Crippen LogP contribution in [0.5, 0.6) is 0 Å². The third kappa shape index (κ3) is 6.22. The SMILES string of the molecule is CS(=O)(=O)N(CC(=O)Nc1ccc(S(=O)(=O)Nc2ccc(Cl)cc2)cc1)c1ccccc1. The average molecular weight is 494 g/mol. The van der Waals surface area contributed by atoms with Gasteiger partial charge in [-0.15, -0.1) is 0 Å². The van der Waals surface area contributed by atoms with Gasteiger partial charge in [0.15, 0.2) is 0 Å². The maximum Gasteiger partial charge on any atom is 0.261 e. The topological polar surface area (TPSA) is 113 Å². The molecular weight excluding hydrogens is 474 g/mol. The molecule has 0 aliphatic heterocycles. The van der Waals surface area contributed by atoms with Crippen molar-refractivity contribution in [2.24, 2.45) is 0 Å². The summed E-state index contributed by atoms with van der Waals surface area (Å²) in [6, 6.07) is 19.9. The first-order valence-electron chi connectivity index (χ1n) is 9.26. The van der Waals surface area contributed by atoms with Crippen molar-refractivity contribution in [3.8, 4) is 0 Å². The van der Waals surface area contributed by atoms with Crippen molar-refractivity contribution in [3.63, 3.8) is 0 Å². The van der Waals surface area contributed by atoms with Crippen LogP contribution in [0.4, 0.5) is 17.1 Å². The highest BCUT2D eigenvalue weighted by Crippen LogP contribution is 2.21. The molecule has 0 saturated heterocycles. The standard InChI is InChI=1S/C21H20ClN3O5S2/c1-31(27,28)25(19-5-3-2-4-6-19)15-21(26)23-17-11-13-20(14-12-17)32(29,30)24-18-9-7-16(22)8-10-18/h2-14,24H,15H2,1H3,(H,23,26). The van der Waals surface area contributed by atoms with E-state index in [0.29, 0.717) is 22.1 Å². The van der Waals surface area contributed by atoms with Crippen molar-refractivity contribution in [1.82, 2.24) is 0 Å². The van der Waals surface area contributed by atoms with Crippen molar-refractivity contribution < 1.29 is 21.6 Å². The Morgan fingerprint density at radius 2 is 1.41 bits per heavy atom. The van der Waals surface area contributed by atoms with Crippen molar-refractivity contribution in [2.75, 3.05) is 27.1 Å². The maximum atomic E-state index is 12.5. The van der Waals surface area contributed by atoms with E-state index in [2.05, 4.69) is 10.0 Å². The van der Waals surface area contributed by atoms with Crippen LogP contribution in [0.3, 0.4) is 0 Å². The van der Waals surface area contributed by atoms with Crippen LogP contribution in [-0.2, 0) is 24.8 Å². The molecule has 3 aromatic carbocycles. The van der Waals surface area contributed by atoms with Crippen LogP contribution in [0.1, 0.15) is 0 Å². The number of amides is 1. The lowest BCUT2D eigenvalue weighted by Gasteiger charge is -2.21. The van der Waals surface area contributed by atoms with Gasteiger partial charge in [0, 0.05) is 16.4 Å². The molecule has 0 saturated carbocycles. The van der Waals surface area contributed by atoms with E-state index < -0.39 is 32.5 Å². The van der Waals surface area contributed by atoms with Gasteiger partial charge >= 0.3 is 0 Å². The molecular formula is C21H20ClN3O5S2. The number of halogens is 1. The van der Waals surface area contributed by atoms with Gasteiger partial charge in [-0.3, -0.25) is 13.8 Å². The molecule has 3 rings (SSSR count). The van der Waals surface area contributed by atoms with Gasteiger partial charge in [-0.25, -0.2) is 16.8 Å². The van der Waals surface area contributed by atoms with Crippen LogP contribution >= 0.6 is 11.6 Å². The summed E-state index contributed by atoms with van der Waals surface area (Å²) in [6.45, 7) is -0.430. The normalized spacial score (nSPS) is 11.6. The quantitative estimate of drug-likeness (QED) is 0.498. The molecule has 168 valence electrons. The van der Waals surface area contributed by atoms with Gasteiger partial charge in [0.05, 0.1) is 16.8 Å². The molecule has 8 nitrogen and oxygen atoms in total. The zero-order valence-electron chi connectivity index (χ0n) is 16.9. The number of nitrogens with one attached hydrogen (secondary N) is 2. The van der Waals surface area contributed by atoms with Crippen LogP contribution in [0.25, 0.3) is 0 Å². The van der Waals surface area contributed by atoms with Crippen molar-refractivity contribution in [2.45, 2.75) is 4.90 Å². The molecule has 2 N–H and O–H groups in total. The van der Waals surface area contributed by atoms with Crippen LogP contribution in [0.2, 0.25) is 5.02 Å². The Kier molecular flexibility index (Phi) is 7.07. The molecule has 0 bridgehead atoms. The Hall–Kier alpha value is -3.08. The number of hydrogen-bond acceptors (Lipinski definition) is 5. The molecule has 32 heavy (non-hydrogen) atoms. The molecule has 0 unspecified atom stereocenters. The van der Waals surface area contributed by atoms with E-state index in [1.807, 2.05) is 0 Å². The van der Waals surface area contributed by atoms with Crippen LogP contribution in [0.15, 0.2) is 83.8 Å². The zero-order valence-corrected chi connectivity index (χ0v) is 19.3. The Bertz CT molecular complexity index is 1300. The highest BCUT2D eigenvalue weighted by atomic mass is 35.5. The molecule has 0 heterocycles. The van der Waals surface area contributed by atoms with Gasteiger partial charge in [-0.2, -0.15) is 0 Å². The summed E-state index contributed by atoms with van der Waals surface area (Å²) in [5.74, 6) is -0.575. The molecule has 0 atom stereocenters. The molecule has 0 aliphatic carbocycles. The molecule has 1 amide bonds. The van der Waals surface area contributed by atoms with Crippen LogP contribution in [-0.4, -0.2) is 35.5 Å².